The molecular weight excluding hydrogens is 392 g/mol. The number of hydrogen-bond acceptors (Lipinski definition) is 6. The van der Waals surface area contributed by atoms with E-state index in [1.54, 1.807) is 21.3 Å². The summed E-state index contributed by atoms with van der Waals surface area (Å²) in [4.78, 5) is 0. The summed E-state index contributed by atoms with van der Waals surface area (Å²) in [5, 5.41) is 7.04. The molecule has 0 fully saturated rings. The summed E-state index contributed by atoms with van der Waals surface area (Å²) in [5.41, 5.74) is 4.12. The number of methoxy groups -OCH3 is 3. The Labute approximate surface area is 181 Å². The van der Waals surface area contributed by atoms with Crippen LogP contribution in [0.25, 0.3) is 0 Å². The molecule has 31 heavy (non-hydrogen) atoms. The van der Waals surface area contributed by atoms with Crippen LogP contribution in [0.2, 0.25) is 0 Å². The zero-order valence-electron chi connectivity index (χ0n) is 17.7. The van der Waals surface area contributed by atoms with E-state index in [0.29, 0.717) is 17.2 Å². The lowest BCUT2D eigenvalue weighted by atomic mass is 9.96. The minimum absolute atomic E-state index is 0.0722. The Balaban J connectivity index is 1.64. The average molecular weight is 416 g/mol. The van der Waals surface area contributed by atoms with Crippen molar-refractivity contribution >= 4 is 5.71 Å². The molecule has 0 N–H and O–H groups in total. The Morgan fingerprint density at radius 2 is 1.48 bits per heavy atom. The fraction of sp³-hybridized carbons (Fsp3) is 0.240. The van der Waals surface area contributed by atoms with E-state index in [-0.39, 0.29) is 6.04 Å². The number of hydrazone groups is 1. The number of para-hydroxylation sites is 1. The maximum absolute atomic E-state index is 6.47. The minimum atomic E-state index is -0.462. The lowest BCUT2D eigenvalue weighted by Gasteiger charge is -2.38. The molecule has 158 valence electrons. The fourth-order valence-electron chi connectivity index (χ4n) is 4.29. The quantitative estimate of drug-likeness (QED) is 0.589. The van der Waals surface area contributed by atoms with Crippen LogP contribution in [0.4, 0.5) is 0 Å². The highest BCUT2D eigenvalue weighted by Crippen LogP contribution is 2.50. The standard InChI is InChI=1S/C25H24N2O4/c1-28-22-15-24(30-3)23(29-2)13-18(22)25-27-20(17-11-7-8-12-21(17)31-25)14-19(26-27)16-9-5-4-6-10-16/h4-13,15,20,25H,14H2,1-3H3/t20-,25+/m0/s1. The van der Waals surface area contributed by atoms with Crippen LogP contribution in [0.3, 0.4) is 0 Å². The van der Waals surface area contributed by atoms with Gasteiger partial charge in [-0.25, -0.2) is 5.01 Å². The van der Waals surface area contributed by atoms with Gasteiger partial charge in [0.25, 0.3) is 0 Å². The van der Waals surface area contributed by atoms with E-state index in [4.69, 9.17) is 24.0 Å². The highest BCUT2D eigenvalue weighted by Gasteiger charge is 2.42. The predicted octanol–water partition coefficient (Wildman–Crippen LogP) is 4.95. The molecule has 0 aromatic heterocycles. The summed E-state index contributed by atoms with van der Waals surface area (Å²) in [7, 11) is 4.87. The van der Waals surface area contributed by atoms with Gasteiger partial charge in [0.05, 0.1) is 38.6 Å². The number of rotatable bonds is 5. The third-order valence-electron chi connectivity index (χ3n) is 5.81. The first-order valence-electron chi connectivity index (χ1n) is 10.2. The first-order valence-corrected chi connectivity index (χ1v) is 10.2. The van der Waals surface area contributed by atoms with Crippen LogP contribution < -0.4 is 18.9 Å². The lowest BCUT2D eigenvalue weighted by Crippen LogP contribution is -2.34. The normalized spacial score (nSPS) is 19.1. The molecular formula is C25H24N2O4. The molecule has 0 bridgehead atoms. The summed E-state index contributed by atoms with van der Waals surface area (Å²) in [5.74, 6) is 2.73. The lowest BCUT2D eigenvalue weighted by molar-refractivity contribution is -0.0205. The average Bonchev–Trinajstić information content (AvgIpc) is 3.29. The van der Waals surface area contributed by atoms with Crippen LogP contribution in [-0.4, -0.2) is 32.0 Å². The molecule has 5 rings (SSSR count). The highest BCUT2D eigenvalue weighted by molar-refractivity contribution is 6.01. The van der Waals surface area contributed by atoms with Crippen LogP contribution in [0.1, 0.15) is 35.4 Å². The van der Waals surface area contributed by atoms with Gasteiger partial charge in [-0.15, -0.1) is 0 Å². The van der Waals surface area contributed by atoms with Crippen molar-refractivity contribution in [2.24, 2.45) is 5.10 Å². The minimum Gasteiger partial charge on any atom is -0.496 e. The summed E-state index contributed by atoms with van der Waals surface area (Å²) < 4.78 is 23.2. The van der Waals surface area contributed by atoms with E-state index in [1.165, 1.54) is 0 Å². The maximum atomic E-state index is 6.47. The molecule has 0 spiro atoms. The van der Waals surface area contributed by atoms with Crippen molar-refractivity contribution in [1.82, 2.24) is 5.01 Å². The molecule has 2 aliphatic rings. The van der Waals surface area contributed by atoms with Gasteiger partial charge in [0.1, 0.15) is 11.5 Å². The van der Waals surface area contributed by atoms with Gasteiger partial charge in [0, 0.05) is 18.1 Å². The van der Waals surface area contributed by atoms with Crippen molar-refractivity contribution in [1.29, 1.82) is 0 Å². The van der Waals surface area contributed by atoms with Gasteiger partial charge in [-0.3, -0.25) is 0 Å². The van der Waals surface area contributed by atoms with Gasteiger partial charge < -0.3 is 18.9 Å². The van der Waals surface area contributed by atoms with E-state index in [1.807, 2.05) is 53.5 Å². The third kappa shape index (κ3) is 3.24. The molecule has 6 heteroatoms. The predicted molar refractivity (Wildman–Crippen MR) is 118 cm³/mol. The molecule has 2 atom stereocenters. The Hall–Kier alpha value is -3.67. The van der Waals surface area contributed by atoms with Crippen LogP contribution in [0.15, 0.2) is 71.8 Å². The first kappa shape index (κ1) is 19.3. The summed E-state index contributed by atoms with van der Waals surface area (Å²) in [6.07, 6.45) is 0.340. The van der Waals surface area contributed by atoms with Crippen LogP contribution in [0, 0.1) is 0 Å². The van der Waals surface area contributed by atoms with Gasteiger partial charge in [0.15, 0.2) is 11.5 Å². The van der Waals surface area contributed by atoms with Gasteiger partial charge in [-0.05, 0) is 17.7 Å². The van der Waals surface area contributed by atoms with Gasteiger partial charge in [0.2, 0.25) is 6.23 Å². The molecule has 0 saturated heterocycles. The maximum Gasteiger partial charge on any atom is 0.217 e. The SMILES string of the molecule is COc1cc(OC)c([C@H]2Oc3ccccc3[C@@H]3CC(c4ccccc4)=NN23)cc1OC. The molecule has 3 aromatic rings. The van der Waals surface area contributed by atoms with Crippen molar-refractivity contribution in [2.45, 2.75) is 18.7 Å². The second kappa shape index (κ2) is 7.87. The number of hydrogen-bond donors (Lipinski definition) is 0. The second-order valence-electron chi connectivity index (χ2n) is 7.47. The van der Waals surface area contributed by atoms with Gasteiger partial charge in [-0.1, -0.05) is 48.5 Å². The molecule has 0 radical (unpaired) electrons. The van der Waals surface area contributed by atoms with Crippen molar-refractivity contribution in [3.63, 3.8) is 0 Å². The first-order chi connectivity index (χ1) is 15.2. The van der Waals surface area contributed by atoms with Crippen molar-refractivity contribution in [3.8, 4) is 23.0 Å². The topological polar surface area (TPSA) is 52.5 Å². The number of benzene rings is 3. The van der Waals surface area contributed by atoms with E-state index in [0.717, 1.165) is 34.6 Å². The van der Waals surface area contributed by atoms with Crippen molar-refractivity contribution < 1.29 is 18.9 Å². The Bertz CT molecular complexity index is 1130. The molecule has 6 nitrogen and oxygen atoms in total. The van der Waals surface area contributed by atoms with Gasteiger partial charge in [-0.2, -0.15) is 5.10 Å². The van der Waals surface area contributed by atoms with Gasteiger partial charge >= 0.3 is 0 Å². The molecule has 0 saturated carbocycles. The molecule has 0 aliphatic carbocycles. The molecule has 3 aromatic carbocycles. The number of ether oxygens (including phenoxy) is 4. The summed E-state index contributed by atoms with van der Waals surface area (Å²) in [6.45, 7) is 0. The zero-order chi connectivity index (χ0) is 21.4. The molecule has 0 unspecified atom stereocenters. The fourth-order valence-corrected chi connectivity index (χ4v) is 4.29. The van der Waals surface area contributed by atoms with Crippen molar-refractivity contribution in [3.05, 3.63) is 83.4 Å². The molecule has 0 amide bonds. The van der Waals surface area contributed by atoms with Crippen LogP contribution in [0.5, 0.6) is 23.0 Å². The van der Waals surface area contributed by atoms with E-state index in [2.05, 4.69) is 18.2 Å². The Kier molecular flexibility index (Phi) is 4.90. The number of nitrogens with zero attached hydrogens (tertiary/aromatic N) is 2. The zero-order valence-corrected chi connectivity index (χ0v) is 17.7. The van der Waals surface area contributed by atoms with Crippen molar-refractivity contribution in [2.75, 3.05) is 21.3 Å². The molecule has 2 aliphatic heterocycles. The number of fused-ring (bicyclic) bond motifs is 3. The van der Waals surface area contributed by atoms with Crippen LogP contribution >= 0.6 is 0 Å². The Morgan fingerprint density at radius 1 is 0.806 bits per heavy atom. The summed E-state index contributed by atoms with van der Waals surface area (Å²) >= 11 is 0. The smallest absolute Gasteiger partial charge is 0.217 e. The highest BCUT2D eigenvalue weighted by atomic mass is 16.5. The third-order valence-corrected chi connectivity index (χ3v) is 5.81. The van der Waals surface area contributed by atoms with E-state index >= 15 is 0 Å². The van der Waals surface area contributed by atoms with E-state index in [9.17, 15) is 0 Å². The Morgan fingerprint density at radius 3 is 2.23 bits per heavy atom. The van der Waals surface area contributed by atoms with Crippen LogP contribution in [-0.2, 0) is 0 Å². The summed E-state index contributed by atoms with van der Waals surface area (Å²) in [6, 6.07) is 22.2. The largest absolute Gasteiger partial charge is 0.496 e. The second-order valence-corrected chi connectivity index (χ2v) is 7.47. The molecule has 2 heterocycles. The monoisotopic (exact) mass is 416 g/mol. The van der Waals surface area contributed by atoms with E-state index < -0.39 is 6.23 Å².